The monoisotopic (exact) mass is 368 g/mol. The number of allylic oxidation sites excluding steroid dienone is 1. The van der Waals surface area contributed by atoms with E-state index in [1.165, 1.54) is 0 Å². The van der Waals surface area contributed by atoms with E-state index < -0.39 is 12.0 Å². The number of urea groups is 1. The molecular formula is C18H20FeN2O3-6. The maximum Gasteiger partial charge on any atom is 0.335 e. The van der Waals surface area contributed by atoms with Crippen LogP contribution in [0.2, 0.25) is 0 Å². The van der Waals surface area contributed by atoms with Gasteiger partial charge in [-0.05, 0) is 13.8 Å². The van der Waals surface area contributed by atoms with Crippen LogP contribution in [0.3, 0.4) is 0 Å². The van der Waals surface area contributed by atoms with Crippen molar-refractivity contribution in [2.24, 2.45) is 0 Å². The van der Waals surface area contributed by atoms with Crippen LogP contribution in [-0.4, -0.2) is 18.6 Å². The molecule has 1 atom stereocenters. The molecule has 0 radical (unpaired) electrons. The predicted molar refractivity (Wildman–Crippen MR) is 87.8 cm³/mol. The summed E-state index contributed by atoms with van der Waals surface area (Å²) in [4.78, 5) is 23.4. The number of amides is 2. The van der Waals surface area contributed by atoms with E-state index in [9.17, 15) is 9.59 Å². The zero-order valence-electron chi connectivity index (χ0n) is 13.6. The SMILES string of the molecule is CCOC(=O)C1=C(C)NC(=O)NC1[c-]1[cH-][cH-][cH-][cH-]1.[Fe].c1cc[cH-]c1. The Balaban J connectivity index is 0.000000412. The van der Waals surface area contributed by atoms with Crippen LogP contribution in [0.5, 0.6) is 0 Å². The molecule has 1 unspecified atom stereocenters. The molecule has 0 saturated heterocycles. The van der Waals surface area contributed by atoms with Gasteiger partial charge in [0, 0.05) is 28.3 Å². The Morgan fingerprint density at radius 1 is 1.29 bits per heavy atom. The van der Waals surface area contributed by atoms with Crippen molar-refractivity contribution >= 4 is 12.0 Å². The van der Waals surface area contributed by atoms with E-state index in [2.05, 4.69) is 10.6 Å². The zero-order valence-corrected chi connectivity index (χ0v) is 14.7. The summed E-state index contributed by atoms with van der Waals surface area (Å²) in [6.45, 7) is 3.75. The minimum absolute atomic E-state index is 0. The summed E-state index contributed by atoms with van der Waals surface area (Å²) in [5.74, 6) is -0.409. The molecule has 0 fully saturated rings. The number of esters is 1. The predicted octanol–water partition coefficient (Wildman–Crippen LogP) is 3.00. The van der Waals surface area contributed by atoms with E-state index in [0.717, 1.165) is 5.56 Å². The van der Waals surface area contributed by atoms with Gasteiger partial charge in [-0.1, -0.05) is 6.04 Å². The van der Waals surface area contributed by atoms with Crippen molar-refractivity contribution in [3.05, 3.63) is 71.4 Å². The molecule has 3 rings (SSSR count). The van der Waals surface area contributed by atoms with E-state index >= 15 is 0 Å². The average Bonchev–Trinajstić information content (AvgIpc) is 3.23. The first-order valence-electron chi connectivity index (χ1n) is 7.47. The smallest absolute Gasteiger partial charge is 0.335 e. The Bertz CT molecular complexity index is 643. The largest absolute Gasteiger partial charge is 0.747 e. The standard InChI is InChI=1S/C13H15N2O3.C5H5.Fe/c1-3-18-12(16)10-8(2)14-13(17)15-11(10)9-6-4-5-7-9;1-2-4-5-3-1;/h4-7,11H,3H2,1-2H3,(H2,14,15,17);1-5H;/q-5;-1;. The van der Waals surface area contributed by atoms with Gasteiger partial charge in [0.1, 0.15) is 0 Å². The molecule has 0 saturated carbocycles. The van der Waals surface area contributed by atoms with Crippen molar-refractivity contribution in [2.45, 2.75) is 19.9 Å². The third kappa shape index (κ3) is 5.11. The Hall–Kier alpha value is -2.30. The number of rotatable bonds is 3. The number of carbonyl (C=O) groups is 2. The second kappa shape index (κ2) is 9.75. The van der Waals surface area contributed by atoms with Gasteiger partial charge in [0.05, 0.1) is 6.61 Å². The summed E-state index contributed by atoms with van der Waals surface area (Å²) < 4.78 is 5.03. The molecule has 24 heavy (non-hydrogen) atoms. The molecule has 2 N–H and O–H groups in total. The van der Waals surface area contributed by atoms with Gasteiger partial charge in [-0.25, -0.2) is 21.7 Å². The summed E-state index contributed by atoms with van der Waals surface area (Å²) in [6.07, 6.45) is 0. The average molecular weight is 368 g/mol. The van der Waals surface area contributed by atoms with Gasteiger partial charge in [0.2, 0.25) is 0 Å². The van der Waals surface area contributed by atoms with Crippen molar-refractivity contribution in [3.63, 3.8) is 0 Å². The summed E-state index contributed by atoms with van der Waals surface area (Å²) >= 11 is 0. The van der Waals surface area contributed by atoms with Gasteiger partial charge >= 0.3 is 12.0 Å². The van der Waals surface area contributed by atoms with Crippen LogP contribution in [0.1, 0.15) is 25.5 Å². The first kappa shape index (κ1) is 19.7. The van der Waals surface area contributed by atoms with Crippen LogP contribution in [-0.2, 0) is 26.6 Å². The minimum Gasteiger partial charge on any atom is -0.747 e. The summed E-state index contributed by atoms with van der Waals surface area (Å²) in [5, 5.41) is 5.32. The molecule has 0 bridgehead atoms. The third-order valence-corrected chi connectivity index (χ3v) is 3.34. The molecule has 0 aliphatic carbocycles. The number of carbonyl (C=O) groups excluding carboxylic acids is 2. The van der Waals surface area contributed by atoms with E-state index in [1.807, 2.05) is 54.6 Å². The van der Waals surface area contributed by atoms with Crippen LogP contribution in [0.25, 0.3) is 0 Å². The van der Waals surface area contributed by atoms with E-state index in [0.29, 0.717) is 17.9 Å². The Morgan fingerprint density at radius 2 is 1.92 bits per heavy atom. The normalized spacial score (nSPS) is 16.1. The van der Waals surface area contributed by atoms with Crippen LogP contribution in [0.4, 0.5) is 4.79 Å². The Labute approximate surface area is 152 Å². The van der Waals surface area contributed by atoms with Crippen molar-refractivity contribution in [1.82, 2.24) is 10.6 Å². The van der Waals surface area contributed by atoms with Gasteiger partial charge in [-0.2, -0.15) is 18.2 Å². The maximum absolute atomic E-state index is 11.9. The minimum atomic E-state index is -0.451. The first-order valence-corrected chi connectivity index (χ1v) is 7.47. The fourth-order valence-electron chi connectivity index (χ4n) is 2.33. The Kier molecular flexibility index (Phi) is 8.02. The number of hydrogen-bond acceptors (Lipinski definition) is 3. The molecule has 134 valence electrons. The molecule has 1 aliphatic rings. The molecule has 1 aliphatic heterocycles. The molecule has 2 aromatic carbocycles. The molecule has 6 heteroatoms. The van der Waals surface area contributed by atoms with Gasteiger partial charge < -0.3 is 45.2 Å². The molecule has 1 heterocycles. The van der Waals surface area contributed by atoms with Crippen LogP contribution in [0, 0.1) is 0 Å². The van der Waals surface area contributed by atoms with Gasteiger partial charge in [0.15, 0.2) is 0 Å². The summed E-state index contributed by atoms with van der Waals surface area (Å²) in [6, 6.07) is 16.7. The second-order valence-electron chi connectivity index (χ2n) is 4.97. The fourth-order valence-corrected chi connectivity index (χ4v) is 2.33. The second-order valence-corrected chi connectivity index (χ2v) is 4.97. The topological polar surface area (TPSA) is 67.4 Å². The molecular weight excluding hydrogens is 348 g/mol. The molecule has 5 nitrogen and oxygen atoms in total. The quantitative estimate of drug-likeness (QED) is 0.497. The molecule has 2 amide bonds. The summed E-state index contributed by atoms with van der Waals surface area (Å²) in [5.41, 5.74) is 1.85. The van der Waals surface area contributed by atoms with Crippen molar-refractivity contribution in [1.29, 1.82) is 0 Å². The van der Waals surface area contributed by atoms with E-state index in [1.54, 1.807) is 13.8 Å². The van der Waals surface area contributed by atoms with Gasteiger partial charge in [-0.3, -0.25) is 0 Å². The fraction of sp³-hybridized carbons (Fsp3) is 0.222. The summed E-state index contributed by atoms with van der Waals surface area (Å²) in [7, 11) is 0. The van der Waals surface area contributed by atoms with E-state index in [-0.39, 0.29) is 23.1 Å². The Morgan fingerprint density at radius 3 is 2.42 bits per heavy atom. The first-order chi connectivity index (χ1) is 11.1. The number of hydrogen-bond donors (Lipinski definition) is 2. The number of ether oxygens (including phenoxy) is 1. The third-order valence-electron chi connectivity index (χ3n) is 3.34. The maximum atomic E-state index is 11.9. The van der Waals surface area contributed by atoms with Crippen LogP contribution in [0.15, 0.2) is 65.9 Å². The number of nitrogens with one attached hydrogen (secondary N) is 2. The molecule has 0 aromatic heterocycles. The van der Waals surface area contributed by atoms with E-state index in [4.69, 9.17) is 4.74 Å². The van der Waals surface area contributed by atoms with Crippen molar-refractivity contribution < 1.29 is 31.4 Å². The van der Waals surface area contributed by atoms with Crippen molar-refractivity contribution in [3.8, 4) is 0 Å². The van der Waals surface area contributed by atoms with Gasteiger partial charge in [0.25, 0.3) is 0 Å². The van der Waals surface area contributed by atoms with Crippen LogP contribution >= 0.6 is 0 Å². The van der Waals surface area contributed by atoms with Gasteiger partial charge in [-0.15, -0.1) is 0 Å². The van der Waals surface area contributed by atoms with Crippen molar-refractivity contribution in [2.75, 3.05) is 6.61 Å². The molecule has 0 spiro atoms. The van der Waals surface area contributed by atoms with Crippen LogP contribution < -0.4 is 10.6 Å². The zero-order chi connectivity index (χ0) is 16.7. The molecule has 2 aromatic rings.